The van der Waals surface area contributed by atoms with E-state index in [1.807, 2.05) is 13.8 Å². The fourth-order valence-corrected chi connectivity index (χ4v) is 5.74. The van der Waals surface area contributed by atoms with Gasteiger partial charge < -0.3 is 20.5 Å². The largest absolute Gasteiger partial charge is 0.480 e. The van der Waals surface area contributed by atoms with E-state index < -0.39 is 36.4 Å². The lowest BCUT2D eigenvalue weighted by Crippen LogP contribution is -2.55. The van der Waals surface area contributed by atoms with Gasteiger partial charge >= 0.3 is 11.9 Å². The first-order valence-electron chi connectivity index (χ1n) is 11.5. The highest BCUT2D eigenvalue weighted by Crippen LogP contribution is 2.54. The monoisotopic (exact) mass is 456 g/mol. The number of ether oxygens (including phenoxy) is 1. The molecule has 4 bridgehead atoms. The summed E-state index contributed by atoms with van der Waals surface area (Å²) in [5.74, 6) is 0.861. The van der Waals surface area contributed by atoms with Crippen LogP contribution in [0.5, 0.6) is 0 Å². The third kappa shape index (κ3) is 7.38. The maximum Gasteiger partial charge on any atom is 0.328 e. The van der Waals surface area contributed by atoms with Crippen LogP contribution in [0.4, 0.5) is 0 Å². The number of hydrogen-bond donors (Lipinski definition) is 3. The number of nitrogens with zero attached hydrogens (tertiary/aromatic N) is 1. The number of thiol groups is 1. The van der Waals surface area contributed by atoms with E-state index in [-0.39, 0.29) is 18.3 Å². The third-order valence-electron chi connectivity index (χ3n) is 6.74. The van der Waals surface area contributed by atoms with Crippen molar-refractivity contribution in [2.24, 2.45) is 35.3 Å². The fraction of sp³-hybridized carbons (Fsp3) is 0.870. The Bertz CT molecular complexity index is 619. The molecule has 0 spiro atoms. The van der Waals surface area contributed by atoms with Gasteiger partial charge in [-0.15, -0.1) is 0 Å². The van der Waals surface area contributed by atoms with E-state index in [4.69, 9.17) is 15.6 Å². The van der Waals surface area contributed by atoms with Crippen molar-refractivity contribution >= 4 is 30.5 Å². The first-order chi connectivity index (χ1) is 14.4. The molecule has 3 N–H and O–H groups in total. The number of hydrogen-bond acceptors (Lipinski definition) is 6. The zero-order valence-corrected chi connectivity index (χ0v) is 20.3. The molecule has 2 atom stereocenters. The number of esters is 1. The minimum Gasteiger partial charge on any atom is -0.480 e. The second-order valence-corrected chi connectivity index (χ2v) is 10.8. The normalized spacial score (nSPS) is 30.2. The number of carbonyl (C=O) groups is 3. The summed E-state index contributed by atoms with van der Waals surface area (Å²) in [5.41, 5.74) is 6.62. The SMILES string of the molecule is CC(C)COC(=O)[C@@H](C)N(CC(=O)O)C(=O)C(C)CS.NC12CC3CC(CC(C3)C1)C2. The van der Waals surface area contributed by atoms with Crippen LogP contribution in [0.2, 0.25) is 0 Å². The average molecular weight is 457 g/mol. The van der Waals surface area contributed by atoms with Crippen LogP contribution in [0, 0.1) is 29.6 Å². The molecule has 0 heterocycles. The Morgan fingerprint density at radius 2 is 1.55 bits per heavy atom. The molecule has 8 heteroatoms. The Labute approximate surface area is 191 Å². The van der Waals surface area contributed by atoms with Crippen LogP contribution >= 0.6 is 12.6 Å². The Morgan fingerprint density at radius 1 is 1.06 bits per heavy atom. The summed E-state index contributed by atoms with van der Waals surface area (Å²) in [6.45, 7) is 6.59. The molecule has 31 heavy (non-hydrogen) atoms. The summed E-state index contributed by atoms with van der Waals surface area (Å²) in [4.78, 5) is 35.8. The van der Waals surface area contributed by atoms with Crippen LogP contribution in [-0.2, 0) is 19.1 Å². The summed E-state index contributed by atoms with van der Waals surface area (Å²) < 4.78 is 5.05. The van der Waals surface area contributed by atoms with Crippen LogP contribution in [0.3, 0.4) is 0 Å². The molecule has 178 valence electrons. The Kier molecular flexibility index (Phi) is 9.25. The molecule has 4 saturated carbocycles. The zero-order chi connectivity index (χ0) is 23.3. The number of aliphatic carboxylic acids is 1. The predicted octanol–water partition coefficient (Wildman–Crippen LogP) is 2.97. The minimum absolute atomic E-state index is 0.172. The molecule has 4 aliphatic rings. The highest BCUT2D eigenvalue weighted by Gasteiger charge is 2.48. The number of carboxylic acid groups (broad SMARTS) is 1. The third-order valence-corrected chi connectivity index (χ3v) is 7.28. The van der Waals surface area contributed by atoms with E-state index in [1.54, 1.807) is 6.92 Å². The average Bonchev–Trinajstić information content (AvgIpc) is 2.67. The van der Waals surface area contributed by atoms with E-state index in [0.29, 0.717) is 5.54 Å². The van der Waals surface area contributed by atoms with Crippen LogP contribution in [0.15, 0.2) is 0 Å². The zero-order valence-electron chi connectivity index (χ0n) is 19.4. The van der Waals surface area contributed by atoms with E-state index in [0.717, 1.165) is 22.7 Å². The molecule has 0 aromatic rings. The van der Waals surface area contributed by atoms with Gasteiger partial charge in [0.2, 0.25) is 5.91 Å². The Balaban J connectivity index is 0.000000254. The maximum absolute atomic E-state index is 12.1. The lowest BCUT2D eigenvalue weighted by molar-refractivity contribution is -0.159. The summed E-state index contributed by atoms with van der Waals surface area (Å²) in [6, 6.07) is -0.931. The van der Waals surface area contributed by atoms with Crippen molar-refractivity contribution in [1.82, 2.24) is 4.90 Å². The lowest BCUT2D eigenvalue weighted by atomic mass is 9.53. The van der Waals surface area contributed by atoms with Gasteiger partial charge in [-0.2, -0.15) is 12.6 Å². The number of nitrogens with two attached hydrogens (primary N) is 1. The topological polar surface area (TPSA) is 110 Å². The van der Waals surface area contributed by atoms with Gasteiger partial charge in [0, 0.05) is 17.2 Å². The van der Waals surface area contributed by atoms with Crippen LogP contribution in [0.25, 0.3) is 0 Å². The standard InChI is InChI=1S/C13H23NO5S.C10H17N/c1-8(2)6-19-13(18)10(4)14(5-11(15)16)12(17)9(3)7-20;11-10-4-7-1-8(5-10)3-9(2-7)6-10/h8-10,20H,5-7H2,1-4H3,(H,15,16);7-9H,1-6,11H2/t9?,10-;/m1./s1. The molecular formula is C23H40N2O5S. The molecule has 0 aromatic heterocycles. The van der Waals surface area contributed by atoms with Gasteiger partial charge in [-0.25, -0.2) is 4.79 Å². The van der Waals surface area contributed by atoms with Crippen molar-refractivity contribution in [3.63, 3.8) is 0 Å². The molecule has 0 aromatic carbocycles. The van der Waals surface area contributed by atoms with E-state index in [9.17, 15) is 14.4 Å². The molecule has 7 nitrogen and oxygen atoms in total. The highest BCUT2D eigenvalue weighted by molar-refractivity contribution is 7.80. The van der Waals surface area contributed by atoms with Gasteiger partial charge in [0.25, 0.3) is 0 Å². The van der Waals surface area contributed by atoms with Gasteiger partial charge in [0.15, 0.2) is 0 Å². The summed E-state index contributed by atoms with van der Waals surface area (Å²) in [7, 11) is 0. The second kappa shape index (κ2) is 11.0. The van der Waals surface area contributed by atoms with Crippen molar-refractivity contribution in [3.05, 3.63) is 0 Å². The molecule has 1 unspecified atom stereocenters. The molecular weight excluding hydrogens is 416 g/mol. The minimum atomic E-state index is -1.17. The van der Waals surface area contributed by atoms with E-state index in [2.05, 4.69) is 12.6 Å². The Morgan fingerprint density at radius 3 is 1.90 bits per heavy atom. The van der Waals surface area contributed by atoms with Crippen LogP contribution in [0.1, 0.15) is 66.2 Å². The van der Waals surface area contributed by atoms with E-state index in [1.165, 1.54) is 45.4 Å². The molecule has 0 saturated heterocycles. The summed E-state index contributed by atoms with van der Waals surface area (Å²) >= 11 is 4.02. The number of rotatable bonds is 8. The van der Waals surface area contributed by atoms with Gasteiger partial charge in [0.05, 0.1) is 6.61 Å². The van der Waals surface area contributed by atoms with Crippen molar-refractivity contribution in [2.45, 2.75) is 77.8 Å². The van der Waals surface area contributed by atoms with Gasteiger partial charge in [-0.3, -0.25) is 9.59 Å². The van der Waals surface area contributed by atoms with Crippen LogP contribution < -0.4 is 5.73 Å². The predicted molar refractivity (Wildman–Crippen MR) is 123 cm³/mol. The smallest absolute Gasteiger partial charge is 0.328 e. The first-order valence-corrected chi connectivity index (χ1v) is 12.2. The maximum atomic E-state index is 12.1. The van der Waals surface area contributed by atoms with Gasteiger partial charge in [0.1, 0.15) is 12.6 Å². The molecule has 0 radical (unpaired) electrons. The van der Waals surface area contributed by atoms with Gasteiger partial charge in [-0.05, 0) is 69.1 Å². The van der Waals surface area contributed by atoms with Crippen molar-refractivity contribution < 1.29 is 24.2 Å². The first kappa shape index (κ1) is 26.0. The van der Waals surface area contributed by atoms with Crippen molar-refractivity contribution in [2.75, 3.05) is 18.9 Å². The summed E-state index contributed by atoms with van der Waals surface area (Å²) in [5, 5.41) is 8.87. The summed E-state index contributed by atoms with van der Waals surface area (Å²) in [6.07, 6.45) is 8.57. The number of carboxylic acids is 1. The van der Waals surface area contributed by atoms with E-state index >= 15 is 0 Å². The second-order valence-electron chi connectivity index (χ2n) is 10.4. The fourth-order valence-electron chi connectivity index (χ4n) is 5.59. The number of carbonyl (C=O) groups excluding carboxylic acids is 2. The molecule has 1 amide bonds. The van der Waals surface area contributed by atoms with Crippen LogP contribution in [-0.4, -0.2) is 58.3 Å². The van der Waals surface area contributed by atoms with Crippen molar-refractivity contribution in [3.8, 4) is 0 Å². The highest BCUT2D eigenvalue weighted by atomic mass is 32.1. The molecule has 4 rings (SSSR count). The van der Waals surface area contributed by atoms with Crippen molar-refractivity contribution in [1.29, 1.82) is 0 Å². The Hall–Kier alpha value is -1.28. The van der Waals surface area contributed by atoms with Gasteiger partial charge in [-0.1, -0.05) is 20.8 Å². The lowest BCUT2D eigenvalue weighted by Gasteiger charge is -2.55. The molecule has 4 fully saturated rings. The quantitative estimate of drug-likeness (QED) is 0.383. The number of amides is 1. The molecule has 4 aliphatic carbocycles. The molecule has 0 aliphatic heterocycles.